The van der Waals surface area contributed by atoms with Gasteiger partial charge in [0, 0.05) is 50.9 Å². The van der Waals surface area contributed by atoms with Gasteiger partial charge in [-0.2, -0.15) is 26.3 Å². The Morgan fingerprint density at radius 3 is 1.93 bits per heavy atom. The number of hydrogen-bond donors (Lipinski definition) is 0. The quantitative estimate of drug-likeness (QED) is 0.412. The molecule has 0 bridgehead atoms. The third-order valence-corrected chi connectivity index (χ3v) is 9.71. The maximum Gasteiger partial charge on any atom is 0.416 e. The first-order valence-corrected chi connectivity index (χ1v) is 14.8. The van der Waals surface area contributed by atoms with Gasteiger partial charge >= 0.3 is 18.4 Å². The molecule has 2 atom stereocenters. The first kappa shape index (κ1) is 31.1. The van der Waals surface area contributed by atoms with Crippen molar-refractivity contribution in [3.05, 3.63) is 65.0 Å². The Morgan fingerprint density at radius 2 is 1.41 bits per heavy atom. The van der Waals surface area contributed by atoms with Crippen LogP contribution in [0.1, 0.15) is 41.9 Å². The van der Waals surface area contributed by atoms with Crippen molar-refractivity contribution in [2.75, 3.05) is 43.6 Å². The summed E-state index contributed by atoms with van der Waals surface area (Å²) in [6.45, 7) is 0.903. The minimum atomic E-state index is -5.06. The van der Waals surface area contributed by atoms with E-state index in [-0.39, 0.29) is 29.5 Å². The number of nitrogens with zero attached hydrogens (tertiary/aromatic N) is 3. The van der Waals surface area contributed by atoms with Crippen LogP contribution in [0.4, 0.5) is 41.2 Å². The Labute approximate surface area is 233 Å². The third kappa shape index (κ3) is 7.14. The largest absolute Gasteiger partial charge is 0.416 e. The number of amides is 2. The number of urea groups is 1. The lowest BCUT2D eigenvalue weighted by atomic mass is 9.84. The van der Waals surface area contributed by atoms with Crippen molar-refractivity contribution in [3.8, 4) is 0 Å². The number of carbonyl (C=O) groups is 1. The predicted molar refractivity (Wildman–Crippen MR) is 139 cm³/mol. The second-order valence-corrected chi connectivity index (χ2v) is 12.9. The highest BCUT2D eigenvalue weighted by molar-refractivity contribution is 7.91. The minimum absolute atomic E-state index is 0.00230. The number of carbonyl (C=O) groups excluding carboxylic acids is 1. The van der Waals surface area contributed by atoms with E-state index >= 15 is 0 Å². The zero-order valence-corrected chi connectivity index (χ0v) is 23.2. The summed E-state index contributed by atoms with van der Waals surface area (Å²) in [5.41, 5.74) is -2.93. The number of piperidine rings is 1. The molecule has 226 valence electrons. The molecule has 41 heavy (non-hydrogen) atoms. The number of likely N-dealkylation sites (tertiary alicyclic amines) is 1. The molecule has 2 saturated heterocycles. The van der Waals surface area contributed by atoms with Crippen LogP contribution in [0.25, 0.3) is 0 Å². The first-order valence-electron chi connectivity index (χ1n) is 13.0. The van der Waals surface area contributed by atoms with Gasteiger partial charge in [0.15, 0.2) is 0 Å². The minimum Gasteiger partial charge on any atom is -0.324 e. The summed E-state index contributed by atoms with van der Waals surface area (Å²) in [7, 11) is -0.547. The highest BCUT2D eigenvalue weighted by Gasteiger charge is 2.41. The van der Waals surface area contributed by atoms with Gasteiger partial charge in [0.05, 0.1) is 22.6 Å². The van der Waals surface area contributed by atoms with Gasteiger partial charge in [-0.25, -0.2) is 17.6 Å². The van der Waals surface area contributed by atoms with Crippen LogP contribution in [-0.2, 0) is 22.2 Å². The molecule has 14 heteroatoms. The maximum absolute atomic E-state index is 13.7. The molecule has 0 saturated carbocycles. The normalized spacial score (nSPS) is 22.4. The molecule has 2 aliphatic heterocycles. The summed E-state index contributed by atoms with van der Waals surface area (Å²) in [5, 5.41) is 0. The molecule has 2 aliphatic rings. The lowest BCUT2D eigenvalue weighted by Crippen LogP contribution is -2.55. The number of hydrogen-bond acceptors (Lipinski definition) is 4. The maximum atomic E-state index is 13.7. The topological polar surface area (TPSA) is 60.9 Å². The number of benzene rings is 2. The van der Waals surface area contributed by atoms with Crippen LogP contribution in [-0.4, -0.2) is 75.0 Å². The molecular weight excluding hydrogens is 579 g/mol. The van der Waals surface area contributed by atoms with Crippen molar-refractivity contribution in [2.24, 2.45) is 0 Å². The predicted octanol–water partition coefficient (Wildman–Crippen LogP) is 5.79. The fourth-order valence-corrected chi connectivity index (χ4v) is 7.13. The molecule has 2 fully saturated rings. The van der Waals surface area contributed by atoms with Gasteiger partial charge in [0.2, 0.25) is 0 Å². The standard InChI is InChI=1S/C27H30F7N3O3S/c1-35(22-14-18(26(29,30)31)13-19(15-22)27(32,33)34)25(38)36(2)24-7-10-37(21-8-11-41(39,40)12-9-21)16-23(24)17-3-5-20(28)6-4-17/h3-6,13-15,21,23-24H,7-12,16H2,1-2H3/t23-,24+/m0/s1. The SMILES string of the molecule is CN(C(=O)N(C)[C@@H]1CCN(C2CCS(=O)(=O)CC2)C[C@H]1c1ccc(F)cc1)c1cc(C(F)(F)F)cc(C(F)(F)F)c1. The molecule has 4 rings (SSSR count). The van der Waals surface area contributed by atoms with Gasteiger partial charge in [-0.15, -0.1) is 0 Å². The van der Waals surface area contributed by atoms with Crippen LogP contribution in [0.15, 0.2) is 42.5 Å². The van der Waals surface area contributed by atoms with Crippen molar-refractivity contribution in [1.29, 1.82) is 0 Å². The zero-order valence-electron chi connectivity index (χ0n) is 22.3. The molecule has 6 nitrogen and oxygen atoms in total. The van der Waals surface area contributed by atoms with E-state index in [2.05, 4.69) is 4.90 Å². The van der Waals surface area contributed by atoms with Gasteiger partial charge in [-0.05, 0) is 55.2 Å². The molecule has 2 aromatic rings. The van der Waals surface area contributed by atoms with Crippen LogP contribution in [0, 0.1) is 5.82 Å². The highest BCUT2D eigenvalue weighted by Crippen LogP contribution is 2.39. The summed E-state index contributed by atoms with van der Waals surface area (Å²) in [6.07, 6.45) is -8.82. The Balaban J connectivity index is 1.61. The molecule has 0 radical (unpaired) electrons. The number of anilines is 1. The summed E-state index contributed by atoms with van der Waals surface area (Å²) in [6, 6.07) is 5.36. The second-order valence-electron chi connectivity index (χ2n) is 10.6. The van der Waals surface area contributed by atoms with Gasteiger partial charge in [-0.3, -0.25) is 9.80 Å². The zero-order chi connectivity index (χ0) is 30.3. The van der Waals surface area contributed by atoms with Crippen LogP contribution in [0.3, 0.4) is 0 Å². The average Bonchev–Trinajstić information content (AvgIpc) is 2.90. The van der Waals surface area contributed by atoms with E-state index in [1.54, 1.807) is 12.1 Å². The first-order chi connectivity index (χ1) is 19.0. The fraction of sp³-hybridized carbons (Fsp3) is 0.519. The van der Waals surface area contributed by atoms with E-state index in [1.165, 1.54) is 24.1 Å². The lowest BCUT2D eigenvalue weighted by molar-refractivity contribution is -0.143. The van der Waals surface area contributed by atoms with Crippen molar-refractivity contribution in [3.63, 3.8) is 0 Å². The summed E-state index contributed by atoms with van der Waals surface area (Å²) in [4.78, 5) is 17.7. The van der Waals surface area contributed by atoms with E-state index in [4.69, 9.17) is 0 Å². The molecule has 2 amide bonds. The second kappa shape index (κ2) is 11.4. The van der Waals surface area contributed by atoms with E-state index in [0.29, 0.717) is 50.0 Å². The Morgan fingerprint density at radius 1 is 0.878 bits per heavy atom. The Hall–Kier alpha value is -2.87. The van der Waals surface area contributed by atoms with Crippen molar-refractivity contribution < 1.29 is 43.9 Å². The van der Waals surface area contributed by atoms with Crippen LogP contribution < -0.4 is 4.90 Å². The smallest absolute Gasteiger partial charge is 0.324 e. The summed E-state index contributed by atoms with van der Waals surface area (Å²) >= 11 is 0. The van der Waals surface area contributed by atoms with Crippen LogP contribution >= 0.6 is 0 Å². The lowest BCUT2D eigenvalue weighted by Gasteiger charge is -2.46. The van der Waals surface area contributed by atoms with E-state index in [9.17, 15) is 43.9 Å². The monoisotopic (exact) mass is 609 g/mol. The van der Waals surface area contributed by atoms with E-state index < -0.39 is 56.9 Å². The molecule has 0 unspecified atom stereocenters. The number of likely N-dealkylation sites (N-methyl/N-ethyl adjacent to an activating group) is 1. The number of halogens is 7. The van der Waals surface area contributed by atoms with Gasteiger partial charge < -0.3 is 4.90 Å². The number of rotatable bonds is 4. The molecule has 2 heterocycles. The Kier molecular flexibility index (Phi) is 8.66. The number of sulfone groups is 1. The highest BCUT2D eigenvalue weighted by atomic mass is 32.2. The van der Waals surface area contributed by atoms with Crippen LogP contribution in [0.2, 0.25) is 0 Å². The van der Waals surface area contributed by atoms with E-state index in [1.807, 2.05) is 0 Å². The summed E-state index contributed by atoms with van der Waals surface area (Å²) in [5.74, 6) is -0.709. The molecule has 0 aliphatic carbocycles. The molecule has 0 aromatic heterocycles. The average molecular weight is 610 g/mol. The van der Waals surface area contributed by atoms with Crippen molar-refractivity contribution in [1.82, 2.24) is 9.80 Å². The molecule has 0 N–H and O–H groups in total. The van der Waals surface area contributed by atoms with E-state index in [0.717, 1.165) is 11.9 Å². The van der Waals surface area contributed by atoms with Gasteiger partial charge in [0.25, 0.3) is 0 Å². The number of alkyl halides is 6. The van der Waals surface area contributed by atoms with Gasteiger partial charge in [-0.1, -0.05) is 12.1 Å². The third-order valence-electron chi connectivity index (χ3n) is 7.99. The van der Waals surface area contributed by atoms with Gasteiger partial charge in [0.1, 0.15) is 15.7 Å². The Bertz CT molecular complexity index is 1320. The molecule has 0 spiro atoms. The summed E-state index contributed by atoms with van der Waals surface area (Å²) < 4.78 is 118. The fourth-order valence-electron chi connectivity index (χ4n) is 5.66. The van der Waals surface area contributed by atoms with Crippen molar-refractivity contribution in [2.45, 2.75) is 49.6 Å². The van der Waals surface area contributed by atoms with Crippen LogP contribution in [0.5, 0.6) is 0 Å². The molecular formula is C27H30F7N3O3S. The molecule has 2 aromatic carbocycles. The van der Waals surface area contributed by atoms with Crippen molar-refractivity contribution >= 4 is 21.6 Å².